The van der Waals surface area contributed by atoms with Gasteiger partial charge in [-0.1, -0.05) is 6.08 Å². The predicted molar refractivity (Wildman–Crippen MR) is 44.5 cm³/mol. The molecule has 3 atom stereocenters. The van der Waals surface area contributed by atoms with Gasteiger partial charge >= 0.3 is 0 Å². The Morgan fingerprint density at radius 2 is 2.45 bits per heavy atom. The van der Waals surface area contributed by atoms with Crippen molar-refractivity contribution in [1.82, 2.24) is 5.32 Å². The summed E-state index contributed by atoms with van der Waals surface area (Å²) in [5.74, 6) is 0.778. The SMILES string of the molecule is C=CCOC1CC2CC1CN2. The molecule has 62 valence electrons. The normalized spacial score (nSPS) is 41.3. The second-order valence-electron chi connectivity index (χ2n) is 3.50. The van der Waals surface area contributed by atoms with Gasteiger partial charge in [0.1, 0.15) is 0 Å². The Labute approximate surface area is 67.6 Å². The van der Waals surface area contributed by atoms with Crippen LogP contribution >= 0.6 is 0 Å². The van der Waals surface area contributed by atoms with Crippen molar-refractivity contribution in [3.8, 4) is 0 Å². The molecule has 11 heavy (non-hydrogen) atoms. The lowest BCUT2D eigenvalue weighted by Crippen LogP contribution is -2.34. The molecule has 0 radical (unpaired) electrons. The Morgan fingerprint density at radius 1 is 1.55 bits per heavy atom. The Morgan fingerprint density at radius 3 is 3.00 bits per heavy atom. The molecule has 1 aliphatic carbocycles. The zero-order valence-electron chi connectivity index (χ0n) is 6.75. The van der Waals surface area contributed by atoms with Crippen molar-refractivity contribution in [3.63, 3.8) is 0 Å². The van der Waals surface area contributed by atoms with Crippen LogP contribution in [0.4, 0.5) is 0 Å². The molecule has 1 aliphatic heterocycles. The fourth-order valence-corrected chi connectivity index (χ4v) is 2.18. The molecule has 1 heterocycles. The first-order chi connectivity index (χ1) is 5.40. The van der Waals surface area contributed by atoms with Gasteiger partial charge in [0, 0.05) is 12.6 Å². The Balaban J connectivity index is 1.83. The Bertz CT molecular complexity index is 158. The van der Waals surface area contributed by atoms with Gasteiger partial charge in [0.2, 0.25) is 0 Å². The van der Waals surface area contributed by atoms with E-state index in [2.05, 4.69) is 11.9 Å². The van der Waals surface area contributed by atoms with Gasteiger partial charge in [-0.05, 0) is 18.8 Å². The molecule has 2 aliphatic rings. The van der Waals surface area contributed by atoms with Crippen molar-refractivity contribution in [1.29, 1.82) is 0 Å². The van der Waals surface area contributed by atoms with Gasteiger partial charge < -0.3 is 10.1 Å². The van der Waals surface area contributed by atoms with Crippen LogP contribution in [0.15, 0.2) is 12.7 Å². The number of nitrogens with one attached hydrogen (secondary N) is 1. The third kappa shape index (κ3) is 1.33. The first kappa shape index (κ1) is 7.32. The highest BCUT2D eigenvalue weighted by atomic mass is 16.5. The molecule has 0 aromatic heterocycles. The largest absolute Gasteiger partial charge is 0.374 e. The van der Waals surface area contributed by atoms with Crippen LogP contribution in [0.1, 0.15) is 12.8 Å². The van der Waals surface area contributed by atoms with E-state index in [1.807, 2.05) is 6.08 Å². The van der Waals surface area contributed by atoms with E-state index in [0.717, 1.165) is 18.5 Å². The topological polar surface area (TPSA) is 21.3 Å². The maximum absolute atomic E-state index is 5.63. The molecule has 2 heteroatoms. The minimum absolute atomic E-state index is 0.513. The molecule has 2 bridgehead atoms. The van der Waals surface area contributed by atoms with Crippen LogP contribution < -0.4 is 5.32 Å². The summed E-state index contributed by atoms with van der Waals surface area (Å²) in [5, 5.41) is 3.46. The molecule has 3 unspecified atom stereocenters. The molecule has 1 saturated carbocycles. The summed E-state index contributed by atoms with van der Waals surface area (Å²) < 4.78 is 5.63. The second-order valence-corrected chi connectivity index (χ2v) is 3.50. The highest BCUT2D eigenvalue weighted by molar-refractivity contribution is 4.96. The summed E-state index contributed by atoms with van der Waals surface area (Å²) in [4.78, 5) is 0. The summed E-state index contributed by atoms with van der Waals surface area (Å²) in [5.41, 5.74) is 0. The lowest BCUT2D eigenvalue weighted by Gasteiger charge is -2.21. The summed E-state index contributed by atoms with van der Waals surface area (Å²) in [6, 6.07) is 0.745. The van der Waals surface area contributed by atoms with E-state index in [4.69, 9.17) is 4.74 Å². The molecule has 0 spiro atoms. The van der Waals surface area contributed by atoms with E-state index < -0.39 is 0 Å². The predicted octanol–water partition coefficient (Wildman–Crippen LogP) is 0.939. The zero-order valence-corrected chi connectivity index (χ0v) is 6.75. The van der Waals surface area contributed by atoms with Crippen LogP contribution in [0.25, 0.3) is 0 Å². The first-order valence-corrected chi connectivity index (χ1v) is 4.36. The fraction of sp³-hybridized carbons (Fsp3) is 0.778. The van der Waals surface area contributed by atoms with E-state index in [1.54, 1.807) is 0 Å². The van der Waals surface area contributed by atoms with Crippen molar-refractivity contribution in [2.45, 2.75) is 25.0 Å². The van der Waals surface area contributed by atoms with Crippen LogP contribution in [-0.4, -0.2) is 25.3 Å². The van der Waals surface area contributed by atoms with Gasteiger partial charge in [-0.15, -0.1) is 6.58 Å². The first-order valence-electron chi connectivity index (χ1n) is 4.36. The van der Waals surface area contributed by atoms with E-state index >= 15 is 0 Å². The molecule has 2 rings (SSSR count). The molecular weight excluding hydrogens is 138 g/mol. The second kappa shape index (κ2) is 2.95. The maximum atomic E-state index is 5.63. The van der Waals surface area contributed by atoms with Crippen LogP contribution in [0.2, 0.25) is 0 Å². The Kier molecular flexibility index (Phi) is 1.96. The lowest BCUT2D eigenvalue weighted by atomic mass is 10.1. The van der Waals surface area contributed by atoms with Crippen molar-refractivity contribution < 1.29 is 4.74 Å². The summed E-state index contributed by atoms with van der Waals surface area (Å²) in [6.07, 6.45) is 4.87. The Hall–Kier alpha value is -0.340. The minimum Gasteiger partial charge on any atom is -0.374 e. The van der Waals surface area contributed by atoms with Crippen LogP contribution in [0.5, 0.6) is 0 Å². The summed E-state index contributed by atoms with van der Waals surface area (Å²) in [6.45, 7) is 5.52. The van der Waals surface area contributed by atoms with Gasteiger partial charge in [-0.25, -0.2) is 0 Å². The lowest BCUT2D eigenvalue weighted by molar-refractivity contribution is 0.0389. The summed E-state index contributed by atoms with van der Waals surface area (Å²) >= 11 is 0. The van der Waals surface area contributed by atoms with E-state index in [9.17, 15) is 0 Å². The molecule has 2 nitrogen and oxygen atoms in total. The third-order valence-corrected chi connectivity index (χ3v) is 2.73. The van der Waals surface area contributed by atoms with E-state index in [0.29, 0.717) is 12.7 Å². The number of hydrogen-bond donors (Lipinski definition) is 1. The van der Waals surface area contributed by atoms with Crippen molar-refractivity contribution in [2.24, 2.45) is 5.92 Å². The number of fused-ring (bicyclic) bond motifs is 2. The smallest absolute Gasteiger partial charge is 0.0648 e. The number of rotatable bonds is 3. The number of ether oxygens (including phenoxy) is 1. The van der Waals surface area contributed by atoms with Crippen LogP contribution in [0, 0.1) is 5.92 Å². The molecule has 1 saturated heterocycles. The standard InChI is InChI=1S/C9H15NO/c1-2-3-11-9-5-8-4-7(9)6-10-8/h2,7-10H,1,3-6H2. The van der Waals surface area contributed by atoms with Gasteiger partial charge in [-0.2, -0.15) is 0 Å². The monoisotopic (exact) mass is 153 g/mol. The fourth-order valence-electron chi connectivity index (χ4n) is 2.18. The number of piperidine rings is 1. The van der Waals surface area contributed by atoms with Crippen molar-refractivity contribution in [3.05, 3.63) is 12.7 Å². The molecule has 2 fully saturated rings. The van der Waals surface area contributed by atoms with E-state index in [-0.39, 0.29) is 0 Å². The molecule has 0 amide bonds. The minimum atomic E-state index is 0.513. The third-order valence-electron chi connectivity index (χ3n) is 2.73. The maximum Gasteiger partial charge on any atom is 0.0648 e. The summed E-state index contributed by atoms with van der Waals surface area (Å²) in [7, 11) is 0. The average molecular weight is 153 g/mol. The quantitative estimate of drug-likeness (QED) is 0.609. The van der Waals surface area contributed by atoms with Crippen molar-refractivity contribution in [2.75, 3.05) is 13.2 Å². The zero-order chi connectivity index (χ0) is 7.68. The van der Waals surface area contributed by atoms with Crippen LogP contribution in [-0.2, 0) is 4.74 Å². The molecule has 0 aromatic rings. The average Bonchev–Trinajstić information content (AvgIpc) is 2.60. The van der Waals surface area contributed by atoms with Crippen molar-refractivity contribution >= 4 is 0 Å². The van der Waals surface area contributed by atoms with Gasteiger partial charge in [0.05, 0.1) is 12.7 Å². The molecular formula is C9H15NO. The van der Waals surface area contributed by atoms with Gasteiger partial charge in [0.15, 0.2) is 0 Å². The van der Waals surface area contributed by atoms with Crippen LogP contribution in [0.3, 0.4) is 0 Å². The molecule has 1 N–H and O–H groups in total. The molecule has 0 aromatic carbocycles. The van der Waals surface area contributed by atoms with Gasteiger partial charge in [0.25, 0.3) is 0 Å². The highest BCUT2D eigenvalue weighted by Crippen LogP contribution is 2.33. The van der Waals surface area contributed by atoms with E-state index in [1.165, 1.54) is 12.8 Å². The number of hydrogen-bond acceptors (Lipinski definition) is 2. The van der Waals surface area contributed by atoms with Gasteiger partial charge in [-0.3, -0.25) is 0 Å². The highest BCUT2D eigenvalue weighted by Gasteiger charge is 2.39.